The third-order valence-electron chi connectivity index (χ3n) is 6.90. The lowest BCUT2D eigenvalue weighted by atomic mass is 9.74. The molecule has 4 nitrogen and oxygen atoms in total. The summed E-state index contributed by atoms with van der Waals surface area (Å²) in [5.74, 6) is 0.881. The molecule has 156 valence electrons. The molecule has 5 heteroatoms. The molecule has 1 aliphatic carbocycles. The lowest BCUT2D eigenvalue weighted by Gasteiger charge is -2.38. The minimum Gasteiger partial charge on any atom is -0.299 e. The molecule has 0 bridgehead atoms. The van der Waals surface area contributed by atoms with Gasteiger partial charge in [-0.15, -0.1) is 0 Å². The van der Waals surface area contributed by atoms with Crippen LogP contribution in [0.4, 0.5) is 0 Å². The zero-order valence-corrected chi connectivity index (χ0v) is 18.5. The van der Waals surface area contributed by atoms with Crippen LogP contribution in [0.15, 0.2) is 23.1 Å². The molecule has 0 atom stereocenters. The Kier molecular flexibility index (Phi) is 6.65. The zero-order chi connectivity index (χ0) is 20.4. The first kappa shape index (κ1) is 21.5. The van der Waals surface area contributed by atoms with Crippen LogP contribution in [0.3, 0.4) is 0 Å². The number of nitrogens with zero attached hydrogens (tertiary/aromatic N) is 1. The van der Waals surface area contributed by atoms with Crippen molar-refractivity contribution in [3.63, 3.8) is 0 Å². The highest BCUT2D eigenvalue weighted by Crippen LogP contribution is 2.38. The van der Waals surface area contributed by atoms with Gasteiger partial charge in [-0.05, 0) is 44.2 Å². The van der Waals surface area contributed by atoms with Crippen molar-refractivity contribution in [2.45, 2.75) is 83.5 Å². The summed E-state index contributed by atoms with van der Waals surface area (Å²) >= 11 is 0. The van der Waals surface area contributed by atoms with E-state index in [1.807, 2.05) is 32.9 Å². The normalized spacial score (nSPS) is 22.0. The van der Waals surface area contributed by atoms with E-state index < -0.39 is 10.0 Å². The molecular weight excluding hydrogens is 370 g/mol. The van der Waals surface area contributed by atoms with Crippen LogP contribution in [0, 0.1) is 25.2 Å². The summed E-state index contributed by atoms with van der Waals surface area (Å²) in [6.07, 6.45) is 9.38. The maximum absolute atomic E-state index is 13.1. The number of aryl methyl sites for hydroxylation is 2. The third kappa shape index (κ3) is 4.68. The minimum absolute atomic E-state index is 0.350. The van der Waals surface area contributed by atoms with Crippen LogP contribution in [0.2, 0.25) is 0 Å². The Labute approximate surface area is 170 Å². The Morgan fingerprint density at radius 1 is 1.07 bits per heavy atom. The van der Waals surface area contributed by atoms with Gasteiger partial charge in [0.15, 0.2) is 0 Å². The van der Waals surface area contributed by atoms with Crippen molar-refractivity contribution in [1.29, 1.82) is 0 Å². The lowest BCUT2D eigenvalue weighted by molar-refractivity contribution is -0.131. The molecular formula is C23H35NO3S. The molecule has 0 amide bonds. The molecule has 0 N–H and O–H groups in total. The Morgan fingerprint density at radius 2 is 1.68 bits per heavy atom. The fourth-order valence-electron chi connectivity index (χ4n) is 4.80. The number of sulfonamides is 1. The van der Waals surface area contributed by atoms with E-state index in [-0.39, 0.29) is 5.41 Å². The minimum atomic E-state index is -3.50. The molecule has 2 aliphatic rings. The van der Waals surface area contributed by atoms with E-state index in [0.29, 0.717) is 48.9 Å². The van der Waals surface area contributed by atoms with Crippen LogP contribution in [0.1, 0.15) is 75.8 Å². The number of carbonyl (C=O) groups is 1. The summed E-state index contributed by atoms with van der Waals surface area (Å²) < 4.78 is 27.8. The van der Waals surface area contributed by atoms with Crippen LogP contribution >= 0.6 is 0 Å². The topological polar surface area (TPSA) is 54.5 Å². The largest absolute Gasteiger partial charge is 0.299 e. The molecule has 0 spiro atoms. The van der Waals surface area contributed by atoms with E-state index in [1.54, 1.807) is 10.4 Å². The Balaban J connectivity index is 1.64. The fraction of sp³-hybridized carbons (Fsp3) is 0.696. The van der Waals surface area contributed by atoms with Crippen LogP contribution in [0.5, 0.6) is 0 Å². The van der Waals surface area contributed by atoms with E-state index in [9.17, 15) is 13.2 Å². The van der Waals surface area contributed by atoms with Gasteiger partial charge >= 0.3 is 0 Å². The maximum atomic E-state index is 13.1. The predicted molar refractivity (Wildman–Crippen MR) is 113 cm³/mol. The lowest BCUT2D eigenvalue weighted by Crippen LogP contribution is -2.45. The highest BCUT2D eigenvalue weighted by Gasteiger charge is 2.40. The van der Waals surface area contributed by atoms with Crippen molar-refractivity contribution in [3.8, 4) is 0 Å². The molecule has 1 saturated heterocycles. The maximum Gasteiger partial charge on any atom is 0.243 e. The molecule has 2 fully saturated rings. The zero-order valence-electron chi connectivity index (χ0n) is 17.7. The van der Waals surface area contributed by atoms with Gasteiger partial charge in [-0.1, -0.05) is 63.1 Å². The number of ketones is 1. The van der Waals surface area contributed by atoms with Crippen molar-refractivity contribution in [1.82, 2.24) is 4.31 Å². The van der Waals surface area contributed by atoms with Gasteiger partial charge in [0.2, 0.25) is 10.0 Å². The van der Waals surface area contributed by atoms with E-state index in [4.69, 9.17) is 0 Å². The molecule has 0 unspecified atom stereocenters. The molecule has 0 radical (unpaired) electrons. The predicted octanol–water partition coefficient (Wildman–Crippen LogP) is 5.02. The molecule has 1 aromatic carbocycles. The first-order chi connectivity index (χ1) is 13.2. The number of rotatable bonds is 5. The summed E-state index contributed by atoms with van der Waals surface area (Å²) in [5, 5.41) is 0. The average Bonchev–Trinajstić information content (AvgIpc) is 2.90. The van der Waals surface area contributed by atoms with Crippen molar-refractivity contribution < 1.29 is 13.2 Å². The molecule has 3 rings (SSSR count). The quantitative estimate of drug-likeness (QED) is 0.646. The van der Waals surface area contributed by atoms with E-state index in [1.165, 1.54) is 38.5 Å². The van der Waals surface area contributed by atoms with Gasteiger partial charge < -0.3 is 0 Å². The first-order valence-corrected chi connectivity index (χ1v) is 12.3. The van der Waals surface area contributed by atoms with Crippen LogP contribution < -0.4 is 0 Å². The molecule has 28 heavy (non-hydrogen) atoms. The number of hydrogen-bond acceptors (Lipinski definition) is 3. The Morgan fingerprint density at radius 3 is 2.25 bits per heavy atom. The SMILES string of the molecule is Cc1ccc(S(=O)(=O)N2CCC(C)(C(=O)CC3CCCCCC3)CC2)c(C)c1. The van der Waals surface area contributed by atoms with Gasteiger partial charge in [0.1, 0.15) is 5.78 Å². The summed E-state index contributed by atoms with van der Waals surface area (Å²) in [6.45, 7) is 6.73. The Hall–Kier alpha value is -1.20. The van der Waals surface area contributed by atoms with Gasteiger partial charge in [-0.25, -0.2) is 8.42 Å². The van der Waals surface area contributed by atoms with Gasteiger partial charge in [0, 0.05) is 24.9 Å². The summed E-state index contributed by atoms with van der Waals surface area (Å²) in [4.78, 5) is 13.4. The summed E-state index contributed by atoms with van der Waals surface area (Å²) in [7, 11) is -3.50. The van der Waals surface area contributed by atoms with E-state index in [0.717, 1.165) is 11.1 Å². The second kappa shape index (κ2) is 8.66. The monoisotopic (exact) mass is 405 g/mol. The molecule has 1 saturated carbocycles. The van der Waals surface area contributed by atoms with Crippen LogP contribution in [-0.2, 0) is 14.8 Å². The van der Waals surface area contributed by atoms with Gasteiger partial charge in [-0.3, -0.25) is 4.79 Å². The van der Waals surface area contributed by atoms with Crippen LogP contribution in [-0.4, -0.2) is 31.6 Å². The molecule has 0 aromatic heterocycles. The smallest absolute Gasteiger partial charge is 0.243 e. The molecule has 1 aliphatic heterocycles. The van der Waals surface area contributed by atoms with Crippen molar-refractivity contribution in [2.75, 3.05) is 13.1 Å². The number of hydrogen-bond donors (Lipinski definition) is 0. The summed E-state index contributed by atoms with van der Waals surface area (Å²) in [6, 6.07) is 5.48. The van der Waals surface area contributed by atoms with Crippen LogP contribution in [0.25, 0.3) is 0 Å². The highest BCUT2D eigenvalue weighted by atomic mass is 32.2. The van der Waals surface area contributed by atoms with Gasteiger partial charge in [0.25, 0.3) is 0 Å². The number of carbonyl (C=O) groups excluding carboxylic acids is 1. The van der Waals surface area contributed by atoms with Crippen molar-refractivity contribution >= 4 is 15.8 Å². The van der Waals surface area contributed by atoms with E-state index in [2.05, 4.69) is 0 Å². The first-order valence-electron chi connectivity index (χ1n) is 10.8. The number of benzene rings is 1. The van der Waals surface area contributed by atoms with Crippen molar-refractivity contribution in [3.05, 3.63) is 29.3 Å². The molecule has 1 aromatic rings. The van der Waals surface area contributed by atoms with E-state index >= 15 is 0 Å². The third-order valence-corrected chi connectivity index (χ3v) is 8.96. The van der Waals surface area contributed by atoms with Crippen molar-refractivity contribution in [2.24, 2.45) is 11.3 Å². The standard InChI is InChI=1S/C23H35NO3S/c1-18-10-11-21(19(2)16-18)28(26,27)24-14-12-23(3,13-15-24)22(25)17-20-8-6-4-5-7-9-20/h10-11,16,20H,4-9,12-15,17H2,1-3H3. The van der Waals surface area contributed by atoms with Gasteiger partial charge in [0.05, 0.1) is 4.90 Å². The second-order valence-electron chi connectivity index (χ2n) is 9.22. The number of piperidine rings is 1. The fourth-order valence-corrected chi connectivity index (χ4v) is 6.45. The summed E-state index contributed by atoms with van der Waals surface area (Å²) in [5.41, 5.74) is 1.48. The second-order valence-corrected chi connectivity index (χ2v) is 11.1. The average molecular weight is 406 g/mol. The van der Waals surface area contributed by atoms with Gasteiger partial charge in [-0.2, -0.15) is 4.31 Å². The Bertz CT molecular complexity index is 799. The highest BCUT2D eigenvalue weighted by molar-refractivity contribution is 7.89. The molecule has 1 heterocycles. The number of Topliss-reactive ketones (excluding diaryl/α,β-unsaturated/α-hetero) is 1.